The third-order valence-corrected chi connectivity index (χ3v) is 7.54. The molecule has 1 N–H and O–H groups in total. The first kappa shape index (κ1) is 24.5. The molecular formula is C24H32N8S2. The van der Waals surface area contributed by atoms with E-state index in [4.69, 9.17) is 0 Å². The first-order valence-electron chi connectivity index (χ1n) is 12.2. The number of thioether (sulfide) groups is 1. The van der Waals surface area contributed by atoms with Crippen molar-refractivity contribution in [1.82, 2.24) is 30.0 Å². The molecule has 0 aliphatic rings. The second kappa shape index (κ2) is 12.8. The van der Waals surface area contributed by atoms with Crippen LogP contribution in [-0.4, -0.2) is 35.8 Å². The molecule has 8 nitrogen and oxygen atoms in total. The lowest BCUT2D eigenvalue weighted by Gasteiger charge is -1.98. The molecule has 0 bridgehead atoms. The molecule has 0 fully saturated rings. The lowest BCUT2D eigenvalue weighted by atomic mass is 10.1. The summed E-state index contributed by atoms with van der Waals surface area (Å²) in [6.07, 6.45) is 10.7. The summed E-state index contributed by atoms with van der Waals surface area (Å²) in [6.45, 7) is 4.42. The maximum absolute atomic E-state index is 4.67. The van der Waals surface area contributed by atoms with Crippen molar-refractivity contribution in [2.24, 2.45) is 10.2 Å². The molecule has 0 aliphatic carbocycles. The van der Waals surface area contributed by atoms with Crippen LogP contribution in [0.3, 0.4) is 0 Å². The number of nitrogens with one attached hydrogen (secondary N) is 1. The van der Waals surface area contributed by atoms with Gasteiger partial charge >= 0.3 is 0 Å². The number of azo groups is 1. The summed E-state index contributed by atoms with van der Waals surface area (Å²) in [6, 6.07) is 10.0. The van der Waals surface area contributed by atoms with E-state index in [1.165, 1.54) is 49.9 Å². The first-order chi connectivity index (χ1) is 16.8. The van der Waals surface area contributed by atoms with Gasteiger partial charge in [-0.05, 0) is 19.3 Å². The van der Waals surface area contributed by atoms with Gasteiger partial charge < -0.3 is 4.98 Å². The van der Waals surface area contributed by atoms with Gasteiger partial charge in [0.05, 0.1) is 5.69 Å². The summed E-state index contributed by atoms with van der Waals surface area (Å²) >= 11 is 3.24. The Kier molecular flexibility index (Phi) is 9.20. The van der Waals surface area contributed by atoms with E-state index in [2.05, 4.69) is 49.5 Å². The number of hydrogen-bond acceptors (Lipinski definition) is 8. The van der Waals surface area contributed by atoms with E-state index in [9.17, 15) is 0 Å². The number of aryl methyl sites for hydroxylation is 1. The molecule has 0 atom stereocenters. The molecule has 0 saturated carbocycles. The third kappa shape index (κ3) is 6.50. The van der Waals surface area contributed by atoms with Gasteiger partial charge in [0, 0.05) is 11.3 Å². The van der Waals surface area contributed by atoms with Crippen LogP contribution in [0.4, 0.5) is 10.8 Å². The van der Waals surface area contributed by atoms with Crippen molar-refractivity contribution in [1.29, 1.82) is 0 Å². The SMILES string of the molecule is CCCCCCCCSc1nnc(N=Nc2c(CCCC)nn3nc(-c4ccccc4)[nH]c23)s1. The molecule has 0 unspecified atom stereocenters. The predicted octanol–water partition coefficient (Wildman–Crippen LogP) is 7.79. The lowest BCUT2D eigenvalue weighted by molar-refractivity contribution is 0.627. The molecule has 3 heterocycles. The van der Waals surface area contributed by atoms with Crippen molar-refractivity contribution in [3.05, 3.63) is 36.0 Å². The maximum Gasteiger partial charge on any atom is 0.252 e. The van der Waals surface area contributed by atoms with Gasteiger partial charge in [-0.1, -0.05) is 106 Å². The van der Waals surface area contributed by atoms with Crippen molar-refractivity contribution in [2.75, 3.05) is 5.75 Å². The van der Waals surface area contributed by atoms with Crippen molar-refractivity contribution in [3.63, 3.8) is 0 Å². The summed E-state index contributed by atoms with van der Waals surface area (Å²) < 4.78 is 2.57. The number of hydrogen-bond donors (Lipinski definition) is 1. The molecule has 0 aliphatic heterocycles. The molecular weight excluding hydrogens is 464 g/mol. The molecule has 4 rings (SSSR count). The second-order valence-corrected chi connectivity index (χ2v) is 10.5. The number of benzene rings is 1. The minimum Gasteiger partial charge on any atom is -0.320 e. The molecule has 4 aromatic rings. The number of unbranched alkanes of at least 4 members (excludes halogenated alkanes) is 6. The summed E-state index contributed by atoms with van der Waals surface area (Å²) in [7, 11) is 0. The highest BCUT2D eigenvalue weighted by atomic mass is 32.2. The van der Waals surface area contributed by atoms with E-state index in [0.29, 0.717) is 5.13 Å². The Morgan fingerprint density at radius 2 is 1.71 bits per heavy atom. The zero-order chi connectivity index (χ0) is 23.6. The normalized spacial score (nSPS) is 11.8. The standard InChI is InChI=1S/C24H32N8S2/c1-3-5-7-8-9-13-17-33-24-29-28-23(34-24)27-26-20-19(16-6-4-2)30-32-22(20)25-21(31-32)18-14-11-10-12-15-18/h10-12,14-15H,3-9,13,16-17H2,1-2H3,(H,25,31). The fourth-order valence-corrected chi connectivity index (χ4v) is 5.37. The maximum atomic E-state index is 4.67. The van der Waals surface area contributed by atoms with Gasteiger partial charge in [-0.3, -0.25) is 0 Å². The number of aromatic nitrogens is 6. The Morgan fingerprint density at radius 3 is 2.53 bits per heavy atom. The lowest BCUT2D eigenvalue weighted by Crippen LogP contribution is -1.91. The topological polar surface area (TPSA) is 96.5 Å². The van der Waals surface area contributed by atoms with Crippen LogP contribution < -0.4 is 0 Å². The second-order valence-electron chi connectivity index (χ2n) is 8.24. The summed E-state index contributed by atoms with van der Waals surface area (Å²) in [5.41, 5.74) is 3.36. The average molecular weight is 497 g/mol. The Bertz CT molecular complexity index is 1180. The van der Waals surface area contributed by atoms with E-state index < -0.39 is 0 Å². The summed E-state index contributed by atoms with van der Waals surface area (Å²) in [5.74, 6) is 1.82. The molecule has 1 aromatic carbocycles. The van der Waals surface area contributed by atoms with Crippen LogP contribution in [0.25, 0.3) is 17.0 Å². The minimum absolute atomic E-state index is 0.564. The molecule has 0 radical (unpaired) electrons. The van der Waals surface area contributed by atoms with E-state index in [-0.39, 0.29) is 0 Å². The van der Waals surface area contributed by atoms with E-state index >= 15 is 0 Å². The van der Waals surface area contributed by atoms with E-state index in [0.717, 1.165) is 57.8 Å². The van der Waals surface area contributed by atoms with Gasteiger partial charge in [-0.2, -0.15) is 5.10 Å². The van der Waals surface area contributed by atoms with Gasteiger partial charge in [0.25, 0.3) is 5.13 Å². The van der Waals surface area contributed by atoms with Crippen LogP contribution in [0.2, 0.25) is 0 Å². The number of fused-ring (bicyclic) bond motifs is 1. The highest BCUT2D eigenvalue weighted by molar-refractivity contribution is 8.01. The smallest absolute Gasteiger partial charge is 0.252 e. The monoisotopic (exact) mass is 496 g/mol. The van der Waals surface area contributed by atoms with Crippen molar-refractivity contribution >= 4 is 39.6 Å². The first-order valence-corrected chi connectivity index (χ1v) is 14.0. The number of nitrogens with zero attached hydrogens (tertiary/aromatic N) is 7. The van der Waals surface area contributed by atoms with Gasteiger partial charge in [-0.25, -0.2) is 0 Å². The Labute approximate surface area is 208 Å². The fourth-order valence-electron chi connectivity index (χ4n) is 3.64. The fraction of sp³-hybridized carbons (Fsp3) is 0.500. The quantitative estimate of drug-likeness (QED) is 0.109. The van der Waals surface area contributed by atoms with Gasteiger partial charge in [0.2, 0.25) is 0 Å². The van der Waals surface area contributed by atoms with Crippen LogP contribution in [0.15, 0.2) is 44.9 Å². The van der Waals surface area contributed by atoms with Crippen LogP contribution in [-0.2, 0) is 6.42 Å². The molecule has 180 valence electrons. The summed E-state index contributed by atoms with van der Waals surface area (Å²) in [4.78, 5) is 3.37. The van der Waals surface area contributed by atoms with Gasteiger partial charge in [-0.15, -0.1) is 30.2 Å². The molecule has 0 spiro atoms. The minimum atomic E-state index is 0.564. The van der Waals surface area contributed by atoms with Crippen molar-refractivity contribution in [2.45, 2.75) is 76.0 Å². The zero-order valence-corrected chi connectivity index (χ0v) is 21.5. The Balaban J connectivity index is 1.44. The van der Waals surface area contributed by atoms with Crippen molar-refractivity contribution in [3.8, 4) is 11.4 Å². The predicted molar refractivity (Wildman–Crippen MR) is 140 cm³/mol. The van der Waals surface area contributed by atoms with Crippen LogP contribution in [0, 0.1) is 0 Å². The largest absolute Gasteiger partial charge is 0.320 e. The molecule has 3 aromatic heterocycles. The van der Waals surface area contributed by atoms with Crippen LogP contribution in [0.1, 0.15) is 70.9 Å². The third-order valence-electron chi connectivity index (χ3n) is 5.51. The van der Waals surface area contributed by atoms with Crippen LogP contribution >= 0.6 is 23.1 Å². The van der Waals surface area contributed by atoms with Gasteiger partial charge in [0.1, 0.15) is 0 Å². The molecule has 34 heavy (non-hydrogen) atoms. The van der Waals surface area contributed by atoms with Crippen LogP contribution in [0.5, 0.6) is 0 Å². The van der Waals surface area contributed by atoms with E-state index in [1.807, 2.05) is 30.3 Å². The highest BCUT2D eigenvalue weighted by Crippen LogP contribution is 2.32. The Morgan fingerprint density at radius 1 is 0.912 bits per heavy atom. The highest BCUT2D eigenvalue weighted by Gasteiger charge is 2.17. The Hall–Kier alpha value is -2.59. The molecule has 0 amide bonds. The zero-order valence-electron chi connectivity index (χ0n) is 19.9. The molecule has 0 saturated heterocycles. The number of H-pyrrole nitrogens is 1. The van der Waals surface area contributed by atoms with E-state index in [1.54, 1.807) is 16.4 Å². The van der Waals surface area contributed by atoms with Gasteiger partial charge in [0.15, 0.2) is 21.5 Å². The average Bonchev–Trinajstić information content (AvgIpc) is 3.56. The summed E-state index contributed by atoms with van der Waals surface area (Å²) in [5, 5.41) is 27.3. The number of rotatable bonds is 14. The number of aromatic amines is 1. The van der Waals surface area contributed by atoms with Crippen molar-refractivity contribution < 1.29 is 0 Å². The molecule has 10 heteroatoms.